The van der Waals surface area contributed by atoms with E-state index in [2.05, 4.69) is 31.4 Å². The van der Waals surface area contributed by atoms with Gasteiger partial charge in [-0.25, -0.2) is 0 Å². The smallest absolute Gasteiger partial charge is 0.268 e. The van der Waals surface area contributed by atoms with Crippen LogP contribution in [0.1, 0.15) is 12.0 Å². The van der Waals surface area contributed by atoms with E-state index in [1.807, 2.05) is 24.3 Å². The number of aromatic nitrogens is 1. The third-order valence-corrected chi connectivity index (χ3v) is 3.54. The largest absolute Gasteiger partial charge is 0.382 e. The van der Waals surface area contributed by atoms with Gasteiger partial charge in [-0.05, 0) is 24.3 Å². The van der Waals surface area contributed by atoms with Crippen molar-refractivity contribution in [2.24, 2.45) is 5.16 Å². The Morgan fingerprint density at radius 1 is 1.33 bits per heavy atom. The molecule has 2 heterocycles. The maximum Gasteiger partial charge on any atom is 0.268 e. The van der Waals surface area contributed by atoms with Crippen LogP contribution in [-0.4, -0.2) is 22.7 Å². The monoisotopic (exact) mass is 345 g/mol. The topological polar surface area (TPSA) is 63.6 Å². The molecule has 1 atom stereocenters. The first-order valence-electron chi connectivity index (χ1n) is 6.42. The first-order valence-corrected chi connectivity index (χ1v) is 7.21. The summed E-state index contributed by atoms with van der Waals surface area (Å²) < 4.78 is 0.964. The maximum atomic E-state index is 12.1. The van der Waals surface area contributed by atoms with Gasteiger partial charge in [-0.15, -0.1) is 0 Å². The lowest BCUT2D eigenvalue weighted by Gasteiger charge is -2.08. The molecule has 1 N–H and O–H groups in total. The number of halogens is 1. The Bertz CT molecular complexity index is 688. The molecule has 0 fully saturated rings. The molecular weight excluding hydrogens is 334 g/mol. The number of oxime groups is 1. The quantitative estimate of drug-likeness (QED) is 0.929. The molecule has 0 spiro atoms. The lowest BCUT2D eigenvalue weighted by atomic mass is 10.0. The van der Waals surface area contributed by atoms with Gasteiger partial charge in [0.1, 0.15) is 0 Å². The molecule has 1 amide bonds. The SMILES string of the molecule is O=C(Nc1cccnc1)[C@@H]1CC(c2cccc(Br)c2)=NO1. The number of carbonyl (C=O) groups excluding carboxylic acids is 1. The van der Waals surface area contributed by atoms with Gasteiger partial charge < -0.3 is 10.2 Å². The number of nitrogens with zero attached hydrogens (tertiary/aromatic N) is 2. The summed E-state index contributed by atoms with van der Waals surface area (Å²) in [6.07, 6.45) is 3.07. The zero-order chi connectivity index (χ0) is 14.7. The zero-order valence-electron chi connectivity index (χ0n) is 11.0. The number of hydrogen-bond acceptors (Lipinski definition) is 4. The predicted molar refractivity (Wildman–Crippen MR) is 83.0 cm³/mol. The van der Waals surface area contributed by atoms with Crippen molar-refractivity contribution in [3.8, 4) is 0 Å². The number of benzene rings is 1. The molecule has 0 bridgehead atoms. The van der Waals surface area contributed by atoms with Crippen molar-refractivity contribution in [2.45, 2.75) is 12.5 Å². The highest BCUT2D eigenvalue weighted by atomic mass is 79.9. The first-order chi connectivity index (χ1) is 10.2. The Kier molecular flexibility index (Phi) is 3.96. The third kappa shape index (κ3) is 3.28. The summed E-state index contributed by atoms with van der Waals surface area (Å²) in [4.78, 5) is 21.3. The standard InChI is InChI=1S/C15H12BrN3O2/c16-11-4-1-3-10(7-11)13-8-14(21-19-13)15(20)18-12-5-2-6-17-9-12/h1-7,9,14H,8H2,(H,18,20)/t14-/m0/s1. The van der Waals surface area contributed by atoms with Crippen LogP contribution in [0.2, 0.25) is 0 Å². The summed E-state index contributed by atoms with van der Waals surface area (Å²) in [5, 5.41) is 6.77. The molecule has 106 valence electrons. The summed E-state index contributed by atoms with van der Waals surface area (Å²) in [5.41, 5.74) is 2.35. The van der Waals surface area contributed by atoms with Crippen molar-refractivity contribution >= 4 is 33.2 Å². The Hall–Kier alpha value is -2.21. The maximum absolute atomic E-state index is 12.1. The van der Waals surface area contributed by atoms with E-state index in [0.29, 0.717) is 12.1 Å². The molecule has 0 aliphatic carbocycles. The molecule has 1 aromatic heterocycles. The predicted octanol–water partition coefficient (Wildman–Crippen LogP) is 2.98. The van der Waals surface area contributed by atoms with Gasteiger partial charge in [0.15, 0.2) is 0 Å². The highest BCUT2D eigenvalue weighted by Gasteiger charge is 2.29. The van der Waals surface area contributed by atoms with Crippen LogP contribution >= 0.6 is 15.9 Å². The molecule has 3 rings (SSSR count). The molecule has 1 aliphatic heterocycles. The number of rotatable bonds is 3. The highest BCUT2D eigenvalue weighted by molar-refractivity contribution is 9.10. The van der Waals surface area contributed by atoms with Crippen LogP contribution in [0.5, 0.6) is 0 Å². The average Bonchev–Trinajstić information content (AvgIpc) is 2.98. The molecule has 1 aromatic carbocycles. The Labute approximate surface area is 130 Å². The molecular formula is C15H12BrN3O2. The van der Waals surface area contributed by atoms with Gasteiger partial charge >= 0.3 is 0 Å². The van der Waals surface area contributed by atoms with Gasteiger partial charge in [-0.1, -0.05) is 33.2 Å². The Balaban J connectivity index is 1.65. The second-order valence-electron chi connectivity index (χ2n) is 4.58. The first kappa shape index (κ1) is 13.8. The van der Waals surface area contributed by atoms with Crippen molar-refractivity contribution in [1.82, 2.24) is 4.98 Å². The van der Waals surface area contributed by atoms with Gasteiger partial charge in [0.25, 0.3) is 5.91 Å². The summed E-state index contributed by atoms with van der Waals surface area (Å²) in [6.45, 7) is 0. The zero-order valence-corrected chi connectivity index (χ0v) is 12.6. The summed E-state index contributed by atoms with van der Waals surface area (Å²) in [5.74, 6) is -0.225. The van der Waals surface area contributed by atoms with Gasteiger partial charge in [0.05, 0.1) is 17.6 Å². The molecule has 0 saturated carbocycles. The van der Waals surface area contributed by atoms with Crippen molar-refractivity contribution in [3.05, 3.63) is 58.8 Å². The van der Waals surface area contributed by atoms with Crippen molar-refractivity contribution in [3.63, 3.8) is 0 Å². The van der Waals surface area contributed by atoms with Crippen molar-refractivity contribution in [1.29, 1.82) is 0 Å². The normalized spacial score (nSPS) is 17.0. The summed E-state index contributed by atoms with van der Waals surface area (Å²) in [6, 6.07) is 11.3. The number of amides is 1. The van der Waals surface area contributed by atoms with E-state index in [1.54, 1.807) is 24.5 Å². The van der Waals surface area contributed by atoms with E-state index in [4.69, 9.17) is 4.84 Å². The molecule has 0 radical (unpaired) electrons. The van der Waals surface area contributed by atoms with Crippen LogP contribution in [0.3, 0.4) is 0 Å². The average molecular weight is 346 g/mol. The number of pyridine rings is 1. The van der Waals surface area contributed by atoms with Gasteiger partial charge in [0.2, 0.25) is 6.10 Å². The van der Waals surface area contributed by atoms with Crippen LogP contribution in [0.4, 0.5) is 5.69 Å². The van der Waals surface area contributed by atoms with E-state index in [9.17, 15) is 4.79 Å². The molecule has 21 heavy (non-hydrogen) atoms. The molecule has 0 saturated heterocycles. The van der Waals surface area contributed by atoms with E-state index in [1.165, 1.54) is 0 Å². The number of hydrogen-bond donors (Lipinski definition) is 1. The lowest BCUT2D eigenvalue weighted by Crippen LogP contribution is -2.28. The van der Waals surface area contributed by atoms with Crippen LogP contribution in [0, 0.1) is 0 Å². The number of nitrogens with one attached hydrogen (secondary N) is 1. The molecule has 0 unspecified atom stereocenters. The van der Waals surface area contributed by atoms with E-state index in [-0.39, 0.29) is 5.91 Å². The fourth-order valence-corrected chi connectivity index (χ4v) is 2.42. The lowest BCUT2D eigenvalue weighted by molar-refractivity contribution is -0.125. The fourth-order valence-electron chi connectivity index (χ4n) is 2.02. The van der Waals surface area contributed by atoms with E-state index < -0.39 is 6.10 Å². The van der Waals surface area contributed by atoms with E-state index >= 15 is 0 Å². The van der Waals surface area contributed by atoms with Crippen LogP contribution in [0.25, 0.3) is 0 Å². The molecule has 1 aliphatic rings. The fraction of sp³-hybridized carbons (Fsp3) is 0.133. The third-order valence-electron chi connectivity index (χ3n) is 3.05. The minimum Gasteiger partial charge on any atom is -0.382 e. The summed E-state index contributed by atoms with van der Waals surface area (Å²) >= 11 is 3.42. The van der Waals surface area contributed by atoms with Crippen LogP contribution in [0.15, 0.2) is 58.4 Å². The second kappa shape index (κ2) is 6.05. The van der Waals surface area contributed by atoms with Crippen LogP contribution in [-0.2, 0) is 9.63 Å². The van der Waals surface area contributed by atoms with Crippen LogP contribution < -0.4 is 5.32 Å². The molecule has 2 aromatic rings. The minimum absolute atomic E-state index is 0.225. The molecule has 5 nitrogen and oxygen atoms in total. The van der Waals surface area contributed by atoms with Gasteiger partial charge in [-0.3, -0.25) is 9.78 Å². The second-order valence-corrected chi connectivity index (χ2v) is 5.49. The van der Waals surface area contributed by atoms with Gasteiger partial charge in [-0.2, -0.15) is 0 Å². The van der Waals surface area contributed by atoms with Crippen molar-refractivity contribution < 1.29 is 9.63 Å². The number of anilines is 1. The van der Waals surface area contributed by atoms with Gasteiger partial charge in [0, 0.05) is 22.7 Å². The molecule has 6 heteroatoms. The highest BCUT2D eigenvalue weighted by Crippen LogP contribution is 2.20. The Morgan fingerprint density at radius 3 is 3.00 bits per heavy atom. The minimum atomic E-state index is -0.612. The van der Waals surface area contributed by atoms with E-state index in [0.717, 1.165) is 15.7 Å². The summed E-state index contributed by atoms with van der Waals surface area (Å²) in [7, 11) is 0. The van der Waals surface area contributed by atoms with Crippen molar-refractivity contribution in [2.75, 3.05) is 5.32 Å². The Morgan fingerprint density at radius 2 is 2.24 bits per heavy atom. The number of carbonyl (C=O) groups is 1.